The Kier molecular flexibility index (Phi) is 9.13. The molecule has 1 saturated heterocycles. The van der Waals surface area contributed by atoms with Gasteiger partial charge in [-0.25, -0.2) is 8.42 Å². The molecule has 0 spiro atoms. The Labute approximate surface area is 246 Å². The van der Waals surface area contributed by atoms with E-state index in [0.29, 0.717) is 40.7 Å². The Morgan fingerprint density at radius 1 is 0.786 bits per heavy atom. The lowest BCUT2D eigenvalue weighted by Crippen LogP contribution is -2.23. The minimum absolute atomic E-state index is 0.0839. The number of sulfonamides is 1. The van der Waals surface area contributed by atoms with Gasteiger partial charge in [-0.2, -0.15) is 0 Å². The van der Waals surface area contributed by atoms with E-state index in [1.165, 1.54) is 6.07 Å². The standard InChI is InChI=1S/C32H33N3O6S/c1-39-26-16-13-24(14-17-26)34-42(37,38)31-23-25(15-18-29(31)35-19-7-8-20-35)33-32(36)28-11-5-6-12-30(28)41-22-21-40-27-9-3-2-4-10-27/h2-6,9-18,23,34H,7-8,19-22H2,1H3,(H,33,36). The molecule has 1 fully saturated rings. The minimum atomic E-state index is -3.99. The van der Waals surface area contributed by atoms with Gasteiger partial charge in [0.25, 0.3) is 15.9 Å². The van der Waals surface area contributed by atoms with Crippen molar-refractivity contribution in [2.24, 2.45) is 0 Å². The summed E-state index contributed by atoms with van der Waals surface area (Å²) in [6.07, 6.45) is 1.97. The maximum absolute atomic E-state index is 13.6. The van der Waals surface area contributed by atoms with E-state index in [0.717, 1.165) is 31.7 Å². The molecule has 4 aromatic carbocycles. The SMILES string of the molecule is COc1ccc(NS(=O)(=O)c2cc(NC(=O)c3ccccc3OCCOc3ccccc3)ccc2N2CCCC2)cc1. The number of rotatable bonds is 12. The third-order valence-electron chi connectivity index (χ3n) is 6.78. The van der Waals surface area contributed by atoms with Crippen LogP contribution in [0.3, 0.4) is 0 Å². The second-order valence-electron chi connectivity index (χ2n) is 9.67. The van der Waals surface area contributed by atoms with Crippen molar-refractivity contribution in [2.45, 2.75) is 17.7 Å². The Morgan fingerprint density at radius 3 is 2.19 bits per heavy atom. The van der Waals surface area contributed by atoms with E-state index in [2.05, 4.69) is 14.9 Å². The molecule has 1 aliphatic rings. The summed E-state index contributed by atoms with van der Waals surface area (Å²) in [5, 5.41) is 2.85. The number of hydrogen-bond donors (Lipinski definition) is 2. The lowest BCUT2D eigenvalue weighted by molar-refractivity contribution is 0.102. The molecule has 0 bridgehead atoms. The largest absolute Gasteiger partial charge is 0.497 e. The van der Waals surface area contributed by atoms with Crippen LogP contribution in [0.1, 0.15) is 23.2 Å². The van der Waals surface area contributed by atoms with Gasteiger partial charge in [0.2, 0.25) is 0 Å². The average molecular weight is 588 g/mol. The molecule has 218 valence electrons. The van der Waals surface area contributed by atoms with Crippen molar-refractivity contribution in [1.82, 2.24) is 0 Å². The summed E-state index contributed by atoms with van der Waals surface area (Å²) in [5.41, 5.74) is 1.66. The smallest absolute Gasteiger partial charge is 0.264 e. The van der Waals surface area contributed by atoms with Crippen molar-refractivity contribution < 1.29 is 27.4 Å². The first-order valence-electron chi connectivity index (χ1n) is 13.7. The van der Waals surface area contributed by atoms with Crippen molar-refractivity contribution in [3.63, 3.8) is 0 Å². The van der Waals surface area contributed by atoms with E-state index in [4.69, 9.17) is 14.2 Å². The van der Waals surface area contributed by atoms with E-state index in [1.54, 1.807) is 67.8 Å². The molecule has 1 aliphatic heterocycles. The number of anilines is 3. The van der Waals surface area contributed by atoms with Crippen molar-refractivity contribution in [2.75, 3.05) is 48.4 Å². The number of para-hydroxylation sites is 2. The number of ether oxygens (including phenoxy) is 3. The van der Waals surface area contributed by atoms with Crippen LogP contribution in [0.15, 0.2) is 102 Å². The van der Waals surface area contributed by atoms with Crippen molar-refractivity contribution in [1.29, 1.82) is 0 Å². The summed E-state index contributed by atoms with van der Waals surface area (Å²) in [5.74, 6) is 1.33. The van der Waals surface area contributed by atoms with Gasteiger partial charge in [0.15, 0.2) is 0 Å². The topological polar surface area (TPSA) is 106 Å². The van der Waals surface area contributed by atoms with Gasteiger partial charge in [0.1, 0.15) is 35.4 Å². The second-order valence-corrected chi connectivity index (χ2v) is 11.3. The van der Waals surface area contributed by atoms with Crippen LogP contribution >= 0.6 is 0 Å². The number of carbonyl (C=O) groups is 1. The van der Waals surface area contributed by atoms with Gasteiger partial charge in [-0.3, -0.25) is 9.52 Å². The van der Waals surface area contributed by atoms with Gasteiger partial charge in [-0.15, -0.1) is 0 Å². The summed E-state index contributed by atoms with van der Waals surface area (Å²) in [6.45, 7) is 2.06. The molecule has 0 aliphatic carbocycles. The van der Waals surface area contributed by atoms with Crippen molar-refractivity contribution in [3.05, 3.63) is 103 Å². The number of hydrogen-bond acceptors (Lipinski definition) is 7. The van der Waals surface area contributed by atoms with Gasteiger partial charge in [0.05, 0.1) is 18.4 Å². The monoisotopic (exact) mass is 587 g/mol. The first-order chi connectivity index (χ1) is 20.4. The predicted octanol–water partition coefficient (Wildman–Crippen LogP) is 5.81. The number of benzene rings is 4. The van der Waals surface area contributed by atoms with Gasteiger partial charge in [0, 0.05) is 24.5 Å². The number of methoxy groups -OCH3 is 1. The van der Waals surface area contributed by atoms with E-state index >= 15 is 0 Å². The van der Waals surface area contributed by atoms with Gasteiger partial charge < -0.3 is 24.4 Å². The molecule has 0 atom stereocenters. The Morgan fingerprint density at radius 2 is 1.45 bits per heavy atom. The molecule has 9 nitrogen and oxygen atoms in total. The molecule has 0 unspecified atom stereocenters. The molecule has 0 radical (unpaired) electrons. The fourth-order valence-electron chi connectivity index (χ4n) is 4.70. The molecule has 1 amide bonds. The Bertz CT molecular complexity index is 1610. The number of carbonyl (C=O) groups excluding carboxylic acids is 1. The van der Waals surface area contributed by atoms with E-state index in [1.807, 2.05) is 30.3 Å². The van der Waals surface area contributed by atoms with Crippen molar-refractivity contribution >= 4 is 33.0 Å². The van der Waals surface area contributed by atoms with Crippen LogP contribution in [-0.2, 0) is 10.0 Å². The van der Waals surface area contributed by atoms with Crippen LogP contribution in [0.4, 0.5) is 17.1 Å². The zero-order valence-electron chi connectivity index (χ0n) is 23.3. The second kappa shape index (κ2) is 13.3. The molecule has 0 aromatic heterocycles. The van der Waals surface area contributed by atoms with E-state index in [-0.39, 0.29) is 11.5 Å². The molecular weight excluding hydrogens is 554 g/mol. The number of nitrogens with one attached hydrogen (secondary N) is 2. The third-order valence-corrected chi connectivity index (χ3v) is 8.19. The fraction of sp³-hybridized carbons (Fsp3) is 0.219. The highest BCUT2D eigenvalue weighted by Crippen LogP contribution is 2.33. The molecule has 5 rings (SSSR count). The Balaban J connectivity index is 1.33. The predicted molar refractivity (Wildman–Crippen MR) is 164 cm³/mol. The fourth-order valence-corrected chi connectivity index (χ4v) is 6.01. The number of amides is 1. The highest BCUT2D eigenvalue weighted by Gasteiger charge is 2.25. The molecule has 4 aromatic rings. The summed E-state index contributed by atoms with van der Waals surface area (Å²) in [6, 6.07) is 27.9. The third kappa shape index (κ3) is 7.13. The maximum Gasteiger partial charge on any atom is 0.264 e. The zero-order valence-corrected chi connectivity index (χ0v) is 24.1. The molecular formula is C32H33N3O6S. The highest BCUT2D eigenvalue weighted by atomic mass is 32.2. The van der Waals surface area contributed by atoms with Gasteiger partial charge in [-0.1, -0.05) is 30.3 Å². The van der Waals surface area contributed by atoms with Gasteiger partial charge >= 0.3 is 0 Å². The van der Waals surface area contributed by atoms with Crippen LogP contribution in [0.2, 0.25) is 0 Å². The van der Waals surface area contributed by atoms with Crippen LogP contribution in [0.25, 0.3) is 0 Å². The molecule has 10 heteroatoms. The summed E-state index contributed by atoms with van der Waals surface area (Å²) in [7, 11) is -2.44. The molecule has 1 heterocycles. The first-order valence-corrected chi connectivity index (χ1v) is 15.2. The van der Waals surface area contributed by atoms with Crippen LogP contribution < -0.4 is 29.1 Å². The average Bonchev–Trinajstić information content (AvgIpc) is 3.55. The summed E-state index contributed by atoms with van der Waals surface area (Å²) < 4.78 is 46.6. The maximum atomic E-state index is 13.6. The summed E-state index contributed by atoms with van der Waals surface area (Å²) >= 11 is 0. The summed E-state index contributed by atoms with van der Waals surface area (Å²) in [4.78, 5) is 15.5. The van der Waals surface area contributed by atoms with Crippen molar-refractivity contribution in [3.8, 4) is 17.2 Å². The molecule has 0 saturated carbocycles. The lowest BCUT2D eigenvalue weighted by atomic mass is 10.1. The van der Waals surface area contributed by atoms with Crippen LogP contribution in [-0.4, -0.2) is 47.7 Å². The quantitative estimate of drug-likeness (QED) is 0.202. The minimum Gasteiger partial charge on any atom is -0.497 e. The lowest BCUT2D eigenvalue weighted by Gasteiger charge is -2.22. The first kappa shape index (κ1) is 28.8. The molecule has 42 heavy (non-hydrogen) atoms. The highest BCUT2D eigenvalue weighted by molar-refractivity contribution is 7.92. The normalized spacial score (nSPS) is 12.9. The van der Waals surface area contributed by atoms with Crippen LogP contribution in [0.5, 0.6) is 17.2 Å². The van der Waals surface area contributed by atoms with E-state index in [9.17, 15) is 13.2 Å². The zero-order chi connectivity index (χ0) is 29.4. The molecule has 2 N–H and O–H groups in total. The van der Waals surface area contributed by atoms with Crippen LogP contribution in [0, 0.1) is 0 Å². The number of nitrogens with zero attached hydrogens (tertiary/aromatic N) is 1. The van der Waals surface area contributed by atoms with E-state index < -0.39 is 15.9 Å². The van der Waals surface area contributed by atoms with Gasteiger partial charge in [-0.05, 0) is 79.6 Å². The Hall–Kier alpha value is -4.70.